The summed E-state index contributed by atoms with van der Waals surface area (Å²) in [5, 5.41) is 11.5. The third-order valence-electron chi connectivity index (χ3n) is 3.11. The molecule has 2 aromatic rings. The highest BCUT2D eigenvalue weighted by atomic mass is 16.5. The average molecular weight is 259 g/mol. The number of aliphatic hydroxyl groups excluding tert-OH is 1. The standard InChI is InChI=1S/C15H17NO3/c1-2-13(15(16)18)19-14-8-7-10-5-3-4-6-11(10)12(14)9-17/h3-8,13,17H,2,9H2,1H3,(H2,16,18). The van der Waals surface area contributed by atoms with Gasteiger partial charge in [0.2, 0.25) is 0 Å². The maximum atomic E-state index is 11.2. The zero-order valence-corrected chi connectivity index (χ0v) is 10.8. The molecular weight excluding hydrogens is 242 g/mol. The molecule has 2 aromatic carbocycles. The number of amides is 1. The zero-order valence-electron chi connectivity index (χ0n) is 10.8. The van der Waals surface area contributed by atoms with Crippen molar-refractivity contribution in [2.75, 3.05) is 0 Å². The molecule has 0 aliphatic heterocycles. The van der Waals surface area contributed by atoms with Gasteiger partial charge in [-0.2, -0.15) is 0 Å². The molecule has 19 heavy (non-hydrogen) atoms. The lowest BCUT2D eigenvalue weighted by atomic mass is 10.0. The minimum atomic E-state index is -0.675. The molecule has 1 unspecified atom stereocenters. The molecule has 0 fully saturated rings. The Morgan fingerprint density at radius 1 is 1.32 bits per heavy atom. The van der Waals surface area contributed by atoms with E-state index >= 15 is 0 Å². The predicted octanol–water partition coefficient (Wildman–Crippen LogP) is 1.97. The first-order valence-electron chi connectivity index (χ1n) is 6.24. The summed E-state index contributed by atoms with van der Waals surface area (Å²) >= 11 is 0. The number of primary amides is 1. The van der Waals surface area contributed by atoms with Crippen LogP contribution in [0.3, 0.4) is 0 Å². The highest BCUT2D eigenvalue weighted by molar-refractivity contribution is 5.88. The van der Waals surface area contributed by atoms with Crippen LogP contribution < -0.4 is 10.5 Å². The number of hydrogen-bond acceptors (Lipinski definition) is 3. The maximum absolute atomic E-state index is 11.2. The van der Waals surface area contributed by atoms with E-state index in [2.05, 4.69) is 0 Å². The van der Waals surface area contributed by atoms with Crippen molar-refractivity contribution in [2.45, 2.75) is 26.1 Å². The SMILES string of the molecule is CCC(Oc1ccc2ccccc2c1CO)C(N)=O. The van der Waals surface area contributed by atoms with Crippen molar-refractivity contribution in [1.29, 1.82) is 0 Å². The van der Waals surface area contributed by atoms with E-state index in [-0.39, 0.29) is 6.61 Å². The molecule has 100 valence electrons. The second-order valence-corrected chi connectivity index (χ2v) is 4.34. The number of fused-ring (bicyclic) bond motifs is 1. The van der Waals surface area contributed by atoms with Crippen LogP contribution in [0, 0.1) is 0 Å². The van der Waals surface area contributed by atoms with Gasteiger partial charge in [-0.15, -0.1) is 0 Å². The smallest absolute Gasteiger partial charge is 0.258 e. The largest absolute Gasteiger partial charge is 0.480 e. The Kier molecular flexibility index (Phi) is 4.02. The molecule has 0 saturated heterocycles. The van der Waals surface area contributed by atoms with Crippen molar-refractivity contribution < 1.29 is 14.6 Å². The van der Waals surface area contributed by atoms with Crippen LogP contribution in [0.2, 0.25) is 0 Å². The van der Waals surface area contributed by atoms with Crippen molar-refractivity contribution in [3.63, 3.8) is 0 Å². The molecule has 1 atom stereocenters. The number of aliphatic hydroxyl groups is 1. The summed E-state index contributed by atoms with van der Waals surface area (Å²) in [6, 6.07) is 11.4. The minimum Gasteiger partial charge on any atom is -0.480 e. The van der Waals surface area contributed by atoms with Crippen LogP contribution in [0.15, 0.2) is 36.4 Å². The van der Waals surface area contributed by atoms with Gasteiger partial charge in [-0.05, 0) is 23.3 Å². The summed E-state index contributed by atoms with van der Waals surface area (Å²) < 4.78 is 5.62. The molecule has 0 heterocycles. The first kappa shape index (κ1) is 13.4. The third-order valence-corrected chi connectivity index (χ3v) is 3.11. The van der Waals surface area contributed by atoms with Gasteiger partial charge in [0, 0.05) is 5.56 Å². The fourth-order valence-corrected chi connectivity index (χ4v) is 2.09. The lowest BCUT2D eigenvalue weighted by Crippen LogP contribution is -2.33. The normalized spacial score (nSPS) is 12.3. The summed E-state index contributed by atoms with van der Waals surface area (Å²) in [6.07, 6.45) is -0.181. The number of carbonyl (C=O) groups excluding carboxylic acids is 1. The van der Waals surface area contributed by atoms with E-state index in [1.807, 2.05) is 37.3 Å². The van der Waals surface area contributed by atoms with Crippen LogP contribution in [-0.2, 0) is 11.4 Å². The molecule has 0 aliphatic rings. The molecule has 1 amide bonds. The van der Waals surface area contributed by atoms with E-state index in [0.717, 1.165) is 10.8 Å². The Morgan fingerprint density at radius 3 is 2.68 bits per heavy atom. The number of ether oxygens (including phenoxy) is 1. The van der Waals surface area contributed by atoms with Crippen molar-refractivity contribution >= 4 is 16.7 Å². The molecule has 0 aromatic heterocycles. The van der Waals surface area contributed by atoms with Gasteiger partial charge in [-0.1, -0.05) is 37.3 Å². The minimum absolute atomic E-state index is 0.147. The van der Waals surface area contributed by atoms with Gasteiger partial charge < -0.3 is 15.6 Å². The van der Waals surface area contributed by atoms with Gasteiger partial charge in [0.25, 0.3) is 5.91 Å². The fraction of sp³-hybridized carbons (Fsp3) is 0.267. The Hall–Kier alpha value is -2.07. The highest BCUT2D eigenvalue weighted by Gasteiger charge is 2.17. The van der Waals surface area contributed by atoms with E-state index in [4.69, 9.17) is 10.5 Å². The lowest BCUT2D eigenvalue weighted by Gasteiger charge is -2.17. The molecule has 4 heteroatoms. The van der Waals surface area contributed by atoms with Crippen LogP contribution >= 0.6 is 0 Å². The van der Waals surface area contributed by atoms with Gasteiger partial charge in [0.05, 0.1) is 6.61 Å². The van der Waals surface area contributed by atoms with Crippen molar-refractivity contribution in [2.24, 2.45) is 5.73 Å². The summed E-state index contributed by atoms with van der Waals surface area (Å²) in [4.78, 5) is 11.2. The number of hydrogen-bond donors (Lipinski definition) is 2. The van der Waals surface area contributed by atoms with Crippen LogP contribution in [0.5, 0.6) is 5.75 Å². The summed E-state index contributed by atoms with van der Waals surface area (Å²) in [5.74, 6) is 0.00592. The van der Waals surface area contributed by atoms with Crippen LogP contribution in [-0.4, -0.2) is 17.1 Å². The Bertz CT molecular complexity index is 595. The monoisotopic (exact) mass is 259 g/mol. The van der Waals surface area contributed by atoms with Crippen molar-refractivity contribution in [3.05, 3.63) is 42.0 Å². The maximum Gasteiger partial charge on any atom is 0.258 e. The highest BCUT2D eigenvalue weighted by Crippen LogP contribution is 2.29. The first-order chi connectivity index (χ1) is 9.17. The number of rotatable bonds is 5. The lowest BCUT2D eigenvalue weighted by molar-refractivity contribution is -0.124. The predicted molar refractivity (Wildman–Crippen MR) is 73.8 cm³/mol. The van der Waals surface area contributed by atoms with Gasteiger partial charge in [0.15, 0.2) is 6.10 Å². The van der Waals surface area contributed by atoms with E-state index in [9.17, 15) is 9.90 Å². The van der Waals surface area contributed by atoms with Gasteiger partial charge in [0.1, 0.15) is 5.75 Å². The van der Waals surface area contributed by atoms with E-state index in [1.165, 1.54) is 0 Å². The first-order valence-corrected chi connectivity index (χ1v) is 6.24. The molecule has 0 bridgehead atoms. The third kappa shape index (κ3) is 2.69. The Labute approximate surface area is 111 Å². The Morgan fingerprint density at radius 2 is 2.05 bits per heavy atom. The van der Waals surface area contributed by atoms with Gasteiger partial charge in [-0.25, -0.2) is 0 Å². The molecule has 0 spiro atoms. The van der Waals surface area contributed by atoms with Gasteiger partial charge >= 0.3 is 0 Å². The average Bonchev–Trinajstić information content (AvgIpc) is 2.43. The molecule has 3 N–H and O–H groups in total. The molecule has 0 aliphatic carbocycles. The van der Waals surface area contributed by atoms with Crippen molar-refractivity contribution in [1.82, 2.24) is 0 Å². The second-order valence-electron chi connectivity index (χ2n) is 4.34. The summed E-state index contributed by atoms with van der Waals surface area (Å²) in [5.41, 5.74) is 5.95. The molecule has 2 rings (SSSR count). The molecule has 0 saturated carbocycles. The zero-order chi connectivity index (χ0) is 13.8. The topological polar surface area (TPSA) is 72.6 Å². The van der Waals surface area contributed by atoms with E-state index in [1.54, 1.807) is 6.07 Å². The van der Waals surface area contributed by atoms with E-state index in [0.29, 0.717) is 17.7 Å². The number of nitrogens with two attached hydrogens (primary N) is 1. The molecule has 0 radical (unpaired) electrons. The van der Waals surface area contributed by atoms with Crippen LogP contribution in [0.25, 0.3) is 10.8 Å². The van der Waals surface area contributed by atoms with Crippen LogP contribution in [0.1, 0.15) is 18.9 Å². The quantitative estimate of drug-likeness (QED) is 0.862. The summed E-state index contributed by atoms with van der Waals surface area (Å²) in [6.45, 7) is 1.68. The number of carbonyl (C=O) groups is 1. The van der Waals surface area contributed by atoms with Crippen molar-refractivity contribution in [3.8, 4) is 5.75 Å². The molecular formula is C15H17NO3. The van der Waals surface area contributed by atoms with E-state index < -0.39 is 12.0 Å². The van der Waals surface area contributed by atoms with Crippen LogP contribution in [0.4, 0.5) is 0 Å². The fourth-order valence-electron chi connectivity index (χ4n) is 2.09. The summed E-state index contributed by atoms with van der Waals surface area (Å²) in [7, 11) is 0. The Balaban J connectivity index is 2.46. The molecule has 4 nitrogen and oxygen atoms in total. The second kappa shape index (κ2) is 5.71. The van der Waals surface area contributed by atoms with Gasteiger partial charge in [-0.3, -0.25) is 4.79 Å². The number of benzene rings is 2.